The zero-order valence-corrected chi connectivity index (χ0v) is 5.75. The molecule has 0 saturated carbocycles. The van der Waals surface area contributed by atoms with Crippen LogP contribution in [0.2, 0.25) is 0 Å². The van der Waals surface area contributed by atoms with Crippen molar-refractivity contribution in [1.29, 1.82) is 0 Å². The molecule has 0 spiro atoms. The molecule has 0 rings (SSSR count). The minimum Gasteiger partial charge on any atom is -0.395 e. The van der Waals surface area contributed by atoms with E-state index < -0.39 is 6.23 Å². The number of aliphatic hydroxyl groups is 2. The summed E-state index contributed by atoms with van der Waals surface area (Å²) >= 11 is 0. The Hall–Kier alpha value is -0.160. The minimum atomic E-state index is -0.616. The van der Waals surface area contributed by atoms with Crippen LogP contribution in [0.1, 0.15) is 13.3 Å². The van der Waals surface area contributed by atoms with Crippen LogP contribution in [0, 0.1) is 0 Å². The van der Waals surface area contributed by atoms with Gasteiger partial charge in [-0.15, -0.1) is 0 Å². The first-order valence-corrected chi connectivity index (χ1v) is 2.93. The number of hydrogen-bond acceptors (Lipinski definition) is 4. The van der Waals surface area contributed by atoms with E-state index in [0.29, 0.717) is 13.0 Å². The topological polar surface area (TPSA) is 92.5 Å². The lowest BCUT2D eigenvalue weighted by atomic mass is 10.5. The summed E-state index contributed by atoms with van der Waals surface area (Å²) in [4.78, 5) is 0. The third-order valence-corrected chi connectivity index (χ3v) is 0.547. The van der Waals surface area contributed by atoms with Crippen molar-refractivity contribution < 1.29 is 10.2 Å². The van der Waals surface area contributed by atoms with E-state index in [-0.39, 0.29) is 6.61 Å². The van der Waals surface area contributed by atoms with Crippen LogP contribution in [0.3, 0.4) is 0 Å². The summed E-state index contributed by atoms with van der Waals surface area (Å²) in [6.45, 7) is 2.30. The van der Waals surface area contributed by atoms with Gasteiger partial charge in [-0.1, -0.05) is 6.92 Å². The highest BCUT2D eigenvalue weighted by atomic mass is 16.3. The SMILES string of the molecule is CCC(N)O.NCCO. The molecule has 0 bridgehead atoms. The molecule has 6 N–H and O–H groups in total. The second-order valence-corrected chi connectivity index (χ2v) is 1.49. The number of aliphatic hydroxyl groups excluding tert-OH is 2. The molecule has 0 saturated heterocycles. The molecule has 0 aliphatic heterocycles. The fourth-order valence-electron chi connectivity index (χ4n) is 0. The van der Waals surface area contributed by atoms with Gasteiger partial charge in [-0.05, 0) is 6.42 Å². The van der Waals surface area contributed by atoms with Gasteiger partial charge >= 0.3 is 0 Å². The molecule has 4 heteroatoms. The second kappa shape index (κ2) is 10.8. The standard InChI is InChI=1S/C3H9NO.C2H7NO/c1-2-3(4)5;3-1-2-4/h3,5H,2,4H2,1H3;4H,1-3H2. The summed E-state index contributed by atoms with van der Waals surface area (Å²) in [5, 5.41) is 15.9. The van der Waals surface area contributed by atoms with Gasteiger partial charge in [0.25, 0.3) is 0 Å². The molecule has 0 amide bonds. The van der Waals surface area contributed by atoms with E-state index in [2.05, 4.69) is 0 Å². The Labute approximate surface area is 55.5 Å². The Kier molecular flexibility index (Phi) is 13.9. The molecule has 1 atom stereocenters. The molecular formula is C5H16N2O2. The van der Waals surface area contributed by atoms with Crippen molar-refractivity contribution in [2.75, 3.05) is 13.2 Å². The van der Waals surface area contributed by atoms with E-state index in [9.17, 15) is 0 Å². The molecule has 0 aromatic carbocycles. The predicted molar refractivity (Wildman–Crippen MR) is 36.6 cm³/mol. The van der Waals surface area contributed by atoms with Crippen LogP contribution < -0.4 is 11.5 Å². The molecule has 1 unspecified atom stereocenters. The summed E-state index contributed by atoms with van der Waals surface area (Å²) in [5.41, 5.74) is 9.62. The molecular weight excluding hydrogens is 120 g/mol. The highest BCUT2D eigenvalue weighted by molar-refractivity contribution is 4.31. The van der Waals surface area contributed by atoms with Crippen molar-refractivity contribution in [2.45, 2.75) is 19.6 Å². The number of rotatable bonds is 2. The highest BCUT2D eigenvalue weighted by Crippen LogP contribution is 1.72. The summed E-state index contributed by atoms with van der Waals surface area (Å²) in [7, 11) is 0. The van der Waals surface area contributed by atoms with Crippen LogP contribution >= 0.6 is 0 Å². The smallest absolute Gasteiger partial charge is 0.102 e. The van der Waals surface area contributed by atoms with Gasteiger partial charge in [0.1, 0.15) is 6.23 Å². The van der Waals surface area contributed by atoms with Crippen molar-refractivity contribution in [3.63, 3.8) is 0 Å². The Morgan fingerprint density at radius 1 is 1.56 bits per heavy atom. The van der Waals surface area contributed by atoms with E-state index in [1.807, 2.05) is 6.92 Å². The molecule has 0 aliphatic rings. The van der Waals surface area contributed by atoms with Gasteiger partial charge in [-0.2, -0.15) is 0 Å². The van der Waals surface area contributed by atoms with Crippen LogP contribution in [0.4, 0.5) is 0 Å². The van der Waals surface area contributed by atoms with Crippen molar-refractivity contribution >= 4 is 0 Å². The summed E-state index contributed by atoms with van der Waals surface area (Å²) in [5.74, 6) is 0. The summed E-state index contributed by atoms with van der Waals surface area (Å²) in [6.07, 6.45) is 0.0231. The minimum absolute atomic E-state index is 0.0972. The van der Waals surface area contributed by atoms with Gasteiger partial charge in [0.05, 0.1) is 6.61 Å². The monoisotopic (exact) mass is 136 g/mol. The molecule has 9 heavy (non-hydrogen) atoms. The van der Waals surface area contributed by atoms with E-state index >= 15 is 0 Å². The van der Waals surface area contributed by atoms with E-state index in [1.165, 1.54) is 0 Å². The zero-order valence-electron chi connectivity index (χ0n) is 5.75. The Morgan fingerprint density at radius 2 is 1.78 bits per heavy atom. The Bertz CT molecular complexity index is 39.9. The van der Waals surface area contributed by atoms with Crippen LogP contribution in [0.15, 0.2) is 0 Å². The van der Waals surface area contributed by atoms with Crippen molar-refractivity contribution in [3.05, 3.63) is 0 Å². The van der Waals surface area contributed by atoms with Gasteiger partial charge in [-0.25, -0.2) is 0 Å². The van der Waals surface area contributed by atoms with E-state index in [1.54, 1.807) is 0 Å². The largest absolute Gasteiger partial charge is 0.395 e. The molecule has 0 aromatic heterocycles. The van der Waals surface area contributed by atoms with Gasteiger partial charge < -0.3 is 21.7 Å². The van der Waals surface area contributed by atoms with E-state index in [4.69, 9.17) is 21.7 Å². The second-order valence-electron chi connectivity index (χ2n) is 1.49. The van der Waals surface area contributed by atoms with Crippen LogP contribution in [-0.4, -0.2) is 29.6 Å². The van der Waals surface area contributed by atoms with Crippen LogP contribution in [0.25, 0.3) is 0 Å². The third kappa shape index (κ3) is 33.2. The molecule has 0 fully saturated rings. The first kappa shape index (κ1) is 11.6. The maximum Gasteiger partial charge on any atom is 0.102 e. The number of nitrogens with two attached hydrogens (primary N) is 2. The zero-order chi connectivity index (χ0) is 7.70. The highest BCUT2D eigenvalue weighted by Gasteiger charge is 1.81. The lowest BCUT2D eigenvalue weighted by molar-refractivity contribution is 0.178. The van der Waals surface area contributed by atoms with Crippen LogP contribution in [-0.2, 0) is 0 Å². The first-order valence-electron chi connectivity index (χ1n) is 2.93. The normalized spacial score (nSPS) is 11.7. The maximum atomic E-state index is 8.14. The average molecular weight is 136 g/mol. The first-order chi connectivity index (χ1) is 4.18. The summed E-state index contributed by atoms with van der Waals surface area (Å²) < 4.78 is 0. The van der Waals surface area contributed by atoms with Crippen molar-refractivity contribution in [3.8, 4) is 0 Å². The lowest BCUT2D eigenvalue weighted by Crippen LogP contribution is -2.16. The molecule has 0 radical (unpaired) electrons. The van der Waals surface area contributed by atoms with Crippen LogP contribution in [0.5, 0.6) is 0 Å². The third-order valence-electron chi connectivity index (χ3n) is 0.547. The molecule has 0 aromatic rings. The van der Waals surface area contributed by atoms with Gasteiger partial charge in [0.15, 0.2) is 0 Å². The lowest BCUT2D eigenvalue weighted by Gasteiger charge is -1.91. The van der Waals surface area contributed by atoms with Gasteiger partial charge in [-0.3, -0.25) is 0 Å². The van der Waals surface area contributed by atoms with Gasteiger partial charge in [0, 0.05) is 6.54 Å². The molecule has 58 valence electrons. The molecule has 0 aliphatic carbocycles. The Balaban J connectivity index is 0. The molecule has 0 heterocycles. The van der Waals surface area contributed by atoms with Crippen molar-refractivity contribution in [1.82, 2.24) is 0 Å². The summed E-state index contributed by atoms with van der Waals surface area (Å²) in [6, 6.07) is 0. The Morgan fingerprint density at radius 3 is 1.78 bits per heavy atom. The van der Waals surface area contributed by atoms with Crippen molar-refractivity contribution in [2.24, 2.45) is 11.5 Å². The van der Waals surface area contributed by atoms with E-state index in [0.717, 1.165) is 0 Å². The maximum absolute atomic E-state index is 8.14. The predicted octanol–water partition coefficient (Wildman–Crippen LogP) is -1.39. The molecule has 4 nitrogen and oxygen atoms in total. The quantitative estimate of drug-likeness (QED) is 0.352. The fraction of sp³-hybridized carbons (Fsp3) is 1.00. The fourth-order valence-corrected chi connectivity index (χ4v) is 0. The average Bonchev–Trinajstić information content (AvgIpc) is 1.89. The number of hydrogen-bond donors (Lipinski definition) is 4. The van der Waals surface area contributed by atoms with Gasteiger partial charge in [0.2, 0.25) is 0 Å².